The van der Waals surface area contributed by atoms with Gasteiger partial charge in [-0.3, -0.25) is 4.99 Å². The number of aryl methyl sites for hydroxylation is 1. The monoisotopic (exact) mass is 348 g/mol. The Morgan fingerprint density at radius 1 is 1.12 bits per heavy atom. The molecule has 0 radical (unpaired) electrons. The molecular formula is C23H28N2O. The summed E-state index contributed by atoms with van der Waals surface area (Å²) in [6, 6.07) is 18.6. The summed E-state index contributed by atoms with van der Waals surface area (Å²) in [5.41, 5.74) is 4.49. The second-order valence-electron chi connectivity index (χ2n) is 6.72. The third-order valence-corrected chi connectivity index (χ3v) is 4.80. The molecule has 0 amide bonds. The Labute approximate surface area is 156 Å². The third-order valence-electron chi connectivity index (χ3n) is 4.80. The van der Waals surface area contributed by atoms with E-state index in [4.69, 9.17) is 9.73 Å². The molecule has 1 N–H and O–H groups in total. The van der Waals surface area contributed by atoms with Crippen LogP contribution >= 0.6 is 0 Å². The normalized spacial score (nSPS) is 14.7. The van der Waals surface area contributed by atoms with E-state index in [1.54, 1.807) is 0 Å². The summed E-state index contributed by atoms with van der Waals surface area (Å²) in [7, 11) is 0. The van der Waals surface area contributed by atoms with Crippen molar-refractivity contribution >= 4 is 11.4 Å². The molecule has 0 spiro atoms. The van der Waals surface area contributed by atoms with E-state index in [-0.39, 0.29) is 0 Å². The minimum absolute atomic E-state index is 0.573. The lowest BCUT2D eigenvalue weighted by Gasteiger charge is -2.28. The van der Waals surface area contributed by atoms with Gasteiger partial charge in [-0.15, -0.1) is 0 Å². The van der Waals surface area contributed by atoms with Crippen LogP contribution in [0.2, 0.25) is 0 Å². The van der Waals surface area contributed by atoms with Gasteiger partial charge in [0.25, 0.3) is 0 Å². The Morgan fingerprint density at radius 3 is 2.46 bits per heavy atom. The van der Waals surface area contributed by atoms with E-state index in [9.17, 15) is 0 Å². The number of hydrogen-bond donors (Lipinski definition) is 1. The first-order valence-corrected chi connectivity index (χ1v) is 9.50. The number of benzene rings is 2. The van der Waals surface area contributed by atoms with Crippen molar-refractivity contribution in [2.75, 3.05) is 19.7 Å². The number of hydrogen-bond acceptors (Lipinski definition) is 3. The fraction of sp³-hybridized carbons (Fsp3) is 0.348. The Hall–Kier alpha value is -2.39. The molecule has 0 atom stereocenters. The zero-order valence-electron chi connectivity index (χ0n) is 15.6. The molecule has 2 aromatic rings. The minimum Gasteiger partial charge on any atom is -0.494 e. The third kappa shape index (κ3) is 5.06. The maximum Gasteiger partial charge on any atom is 0.119 e. The Morgan fingerprint density at radius 2 is 1.85 bits per heavy atom. The summed E-state index contributed by atoms with van der Waals surface area (Å²) in [5, 5.41) is 3.30. The fourth-order valence-electron chi connectivity index (χ4n) is 3.08. The Balaban J connectivity index is 1.48. The van der Waals surface area contributed by atoms with Gasteiger partial charge in [-0.1, -0.05) is 43.8 Å². The highest BCUT2D eigenvalue weighted by Gasteiger charge is 2.21. The fourth-order valence-corrected chi connectivity index (χ4v) is 3.08. The molecule has 3 rings (SSSR count). The van der Waals surface area contributed by atoms with Crippen LogP contribution in [0.25, 0.3) is 5.70 Å². The molecule has 1 aliphatic heterocycles. The van der Waals surface area contributed by atoms with E-state index in [1.807, 2.05) is 30.3 Å². The maximum absolute atomic E-state index is 5.86. The summed E-state index contributed by atoms with van der Waals surface area (Å²) in [4.78, 5) is 4.77. The van der Waals surface area contributed by atoms with Crippen molar-refractivity contribution in [2.24, 2.45) is 10.9 Å². The Kier molecular flexibility index (Phi) is 6.62. The van der Waals surface area contributed by atoms with Crippen LogP contribution in [0.15, 0.2) is 66.2 Å². The first-order chi connectivity index (χ1) is 12.8. The topological polar surface area (TPSA) is 33.6 Å². The van der Waals surface area contributed by atoms with Crippen molar-refractivity contribution < 1.29 is 4.74 Å². The SMILES string of the molecule is C=C(N=C(CC)C1CNC1)c1ccc(OCCCc2ccccc2)cc1. The lowest BCUT2D eigenvalue weighted by atomic mass is 9.95. The highest BCUT2D eigenvalue weighted by atomic mass is 16.5. The highest BCUT2D eigenvalue weighted by Crippen LogP contribution is 2.21. The van der Waals surface area contributed by atoms with Gasteiger partial charge >= 0.3 is 0 Å². The predicted molar refractivity (Wildman–Crippen MR) is 110 cm³/mol. The molecule has 136 valence electrons. The summed E-state index contributed by atoms with van der Waals surface area (Å²) < 4.78 is 5.86. The van der Waals surface area contributed by atoms with E-state index < -0.39 is 0 Å². The quantitative estimate of drug-likeness (QED) is 0.524. The van der Waals surface area contributed by atoms with Crippen molar-refractivity contribution in [3.63, 3.8) is 0 Å². The van der Waals surface area contributed by atoms with Gasteiger partial charge < -0.3 is 10.1 Å². The van der Waals surface area contributed by atoms with Crippen LogP contribution in [0.3, 0.4) is 0 Å². The van der Waals surface area contributed by atoms with E-state index >= 15 is 0 Å². The number of nitrogens with one attached hydrogen (secondary N) is 1. The second kappa shape index (κ2) is 9.35. The van der Waals surface area contributed by atoms with Crippen LogP contribution in [0.4, 0.5) is 0 Å². The molecule has 2 aromatic carbocycles. The zero-order chi connectivity index (χ0) is 18.2. The summed E-state index contributed by atoms with van der Waals surface area (Å²) >= 11 is 0. The van der Waals surface area contributed by atoms with Crippen molar-refractivity contribution in [1.29, 1.82) is 0 Å². The highest BCUT2D eigenvalue weighted by molar-refractivity contribution is 5.92. The molecule has 0 aliphatic carbocycles. The van der Waals surface area contributed by atoms with Gasteiger partial charge in [0.2, 0.25) is 0 Å². The van der Waals surface area contributed by atoms with Crippen molar-refractivity contribution in [2.45, 2.75) is 26.2 Å². The first kappa shape index (κ1) is 18.4. The van der Waals surface area contributed by atoms with Gasteiger partial charge in [-0.2, -0.15) is 0 Å². The van der Waals surface area contributed by atoms with E-state index in [0.29, 0.717) is 5.92 Å². The van der Waals surface area contributed by atoms with Crippen molar-refractivity contribution in [3.8, 4) is 5.75 Å². The van der Waals surface area contributed by atoms with Gasteiger partial charge in [0.05, 0.1) is 12.3 Å². The lowest BCUT2D eigenvalue weighted by Crippen LogP contribution is -2.46. The van der Waals surface area contributed by atoms with Crippen LogP contribution in [-0.2, 0) is 6.42 Å². The van der Waals surface area contributed by atoms with E-state index in [2.05, 4.69) is 43.1 Å². The van der Waals surface area contributed by atoms with Gasteiger partial charge in [-0.05, 0) is 54.7 Å². The zero-order valence-corrected chi connectivity index (χ0v) is 15.6. The van der Waals surface area contributed by atoms with Crippen molar-refractivity contribution in [3.05, 3.63) is 72.3 Å². The largest absolute Gasteiger partial charge is 0.494 e. The molecule has 1 heterocycles. The maximum atomic E-state index is 5.86. The minimum atomic E-state index is 0.573. The van der Waals surface area contributed by atoms with Crippen LogP contribution in [-0.4, -0.2) is 25.4 Å². The molecule has 1 aliphatic rings. The molecule has 1 fully saturated rings. The Bertz CT molecular complexity index is 731. The predicted octanol–water partition coefficient (Wildman–Crippen LogP) is 4.74. The molecule has 3 nitrogen and oxygen atoms in total. The van der Waals surface area contributed by atoms with Crippen LogP contribution in [0, 0.1) is 5.92 Å². The molecule has 0 unspecified atom stereocenters. The summed E-state index contributed by atoms with van der Waals surface area (Å²) in [5.74, 6) is 1.47. The van der Waals surface area contributed by atoms with Gasteiger partial charge in [0, 0.05) is 24.7 Å². The van der Waals surface area contributed by atoms with Crippen molar-refractivity contribution in [1.82, 2.24) is 5.32 Å². The number of aliphatic imine (C=N–C) groups is 1. The van der Waals surface area contributed by atoms with Crippen LogP contribution in [0.5, 0.6) is 5.75 Å². The second-order valence-corrected chi connectivity index (χ2v) is 6.72. The first-order valence-electron chi connectivity index (χ1n) is 9.50. The summed E-state index contributed by atoms with van der Waals surface area (Å²) in [6.07, 6.45) is 3.03. The number of nitrogens with zero attached hydrogens (tertiary/aromatic N) is 1. The molecule has 1 saturated heterocycles. The molecule has 3 heteroatoms. The smallest absolute Gasteiger partial charge is 0.119 e. The average molecular weight is 348 g/mol. The molecule has 0 aromatic heterocycles. The molecule has 0 saturated carbocycles. The van der Waals surface area contributed by atoms with Crippen LogP contribution < -0.4 is 10.1 Å². The summed E-state index contributed by atoms with van der Waals surface area (Å²) in [6.45, 7) is 9.11. The average Bonchev–Trinajstić information content (AvgIpc) is 2.64. The molecule has 26 heavy (non-hydrogen) atoms. The molecule has 0 bridgehead atoms. The number of rotatable bonds is 9. The van der Waals surface area contributed by atoms with Crippen LogP contribution in [0.1, 0.15) is 30.9 Å². The molecular weight excluding hydrogens is 320 g/mol. The van der Waals surface area contributed by atoms with Gasteiger partial charge in [-0.25, -0.2) is 0 Å². The number of ether oxygens (including phenoxy) is 1. The van der Waals surface area contributed by atoms with Gasteiger partial charge in [0.1, 0.15) is 5.75 Å². The van der Waals surface area contributed by atoms with E-state index in [0.717, 1.165) is 56.0 Å². The van der Waals surface area contributed by atoms with E-state index in [1.165, 1.54) is 11.3 Å². The standard InChI is InChI=1S/C23H28N2O/c1-3-23(21-16-24-17-21)25-18(2)20-11-13-22(14-12-20)26-15-7-10-19-8-5-4-6-9-19/h4-6,8-9,11-14,21,24H,2-3,7,10,15-17H2,1H3. The van der Waals surface area contributed by atoms with Gasteiger partial charge in [0.15, 0.2) is 0 Å². The lowest BCUT2D eigenvalue weighted by molar-refractivity contribution is 0.311.